The summed E-state index contributed by atoms with van der Waals surface area (Å²) in [6.07, 6.45) is 3.70. The van der Waals surface area contributed by atoms with Gasteiger partial charge in [-0.3, -0.25) is 4.79 Å². The SMILES string of the molecule is CC(c1ccc(C(=O)O)cc1)N1N=C(c2cn(C)cn2)CC1=O. The molecule has 2 aromatic rings. The monoisotopic (exact) mass is 312 g/mol. The van der Waals surface area contributed by atoms with Crippen LogP contribution in [0.1, 0.15) is 41.0 Å². The number of benzene rings is 1. The van der Waals surface area contributed by atoms with E-state index in [1.54, 1.807) is 23.0 Å². The molecule has 0 fully saturated rings. The summed E-state index contributed by atoms with van der Waals surface area (Å²) >= 11 is 0. The molecule has 3 rings (SSSR count). The molecular formula is C16H16N4O3. The Morgan fingerprint density at radius 2 is 2.00 bits per heavy atom. The van der Waals surface area contributed by atoms with Crippen LogP contribution in [-0.2, 0) is 11.8 Å². The molecule has 23 heavy (non-hydrogen) atoms. The summed E-state index contributed by atoms with van der Waals surface area (Å²) in [7, 11) is 1.86. The molecule has 1 aromatic heterocycles. The minimum absolute atomic E-state index is 0.0968. The first kappa shape index (κ1) is 15.0. The average Bonchev–Trinajstić information content (AvgIpc) is 3.12. The Kier molecular flexibility index (Phi) is 3.69. The molecule has 0 saturated carbocycles. The second-order valence-corrected chi connectivity index (χ2v) is 5.49. The number of carbonyl (C=O) groups is 2. The van der Waals surface area contributed by atoms with Gasteiger partial charge < -0.3 is 9.67 Å². The first-order chi connectivity index (χ1) is 11.0. The van der Waals surface area contributed by atoms with Crippen molar-refractivity contribution in [1.82, 2.24) is 14.6 Å². The predicted molar refractivity (Wildman–Crippen MR) is 83.0 cm³/mol. The van der Waals surface area contributed by atoms with E-state index in [0.29, 0.717) is 11.4 Å². The Balaban J connectivity index is 1.84. The van der Waals surface area contributed by atoms with Gasteiger partial charge in [0.25, 0.3) is 0 Å². The quantitative estimate of drug-likeness (QED) is 0.932. The van der Waals surface area contributed by atoms with Crippen LogP contribution < -0.4 is 0 Å². The third kappa shape index (κ3) is 2.85. The molecule has 1 aliphatic heterocycles. The molecule has 0 aliphatic carbocycles. The van der Waals surface area contributed by atoms with Crippen molar-refractivity contribution >= 4 is 17.6 Å². The number of hydrazone groups is 1. The van der Waals surface area contributed by atoms with E-state index in [4.69, 9.17) is 5.11 Å². The highest BCUT2D eigenvalue weighted by atomic mass is 16.4. The van der Waals surface area contributed by atoms with Crippen molar-refractivity contribution in [3.8, 4) is 0 Å². The Hall–Kier alpha value is -2.96. The summed E-state index contributed by atoms with van der Waals surface area (Å²) in [5.41, 5.74) is 2.38. The highest BCUT2D eigenvalue weighted by molar-refractivity contribution is 6.12. The molecule has 1 atom stereocenters. The van der Waals surface area contributed by atoms with Crippen molar-refractivity contribution in [1.29, 1.82) is 0 Å². The Labute approximate surface area is 132 Å². The van der Waals surface area contributed by atoms with E-state index in [1.165, 1.54) is 17.1 Å². The van der Waals surface area contributed by atoms with Crippen molar-refractivity contribution in [3.63, 3.8) is 0 Å². The van der Waals surface area contributed by atoms with Gasteiger partial charge in [-0.25, -0.2) is 14.8 Å². The number of amides is 1. The molecule has 1 amide bonds. The van der Waals surface area contributed by atoms with Crippen LogP contribution in [0.4, 0.5) is 0 Å². The molecule has 1 aromatic carbocycles. The molecule has 1 N–H and O–H groups in total. The van der Waals surface area contributed by atoms with Gasteiger partial charge in [0.1, 0.15) is 5.69 Å². The van der Waals surface area contributed by atoms with Gasteiger partial charge >= 0.3 is 5.97 Å². The Morgan fingerprint density at radius 1 is 1.30 bits per heavy atom. The van der Waals surface area contributed by atoms with E-state index < -0.39 is 5.97 Å². The number of rotatable bonds is 4. The molecule has 1 aliphatic rings. The summed E-state index contributed by atoms with van der Waals surface area (Å²) in [5, 5.41) is 14.8. The number of aromatic nitrogens is 2. The number of carboxylic acids is 1. The molecule has 0 radical (unpaired) electrons. The lowest BCUT2D eigenvalue weighted by molar-refractivity contribution is -0.130. The fourth-order valence-electron chi connectivity index (χ4n) is 2.50. The predicted octanol–water partition coefficient (Wildman–Crippen LogP) is 1.82. The standard InChI is InChI=1S/C16H16N4O3/c1-10(11-3-5-12(6-4-11)16(22)23)20-15(21)7-13(18-20)14-8-19(2)9-17-14/h3-6,8-10H,7H2,1-2H3,(H,22,23). The van der Waals surface area contributed by atoms with Crippen LogP contribution in [0.2, 0.25) is 0 Å². The van der Waals surface area contributed by atoms with Gasteiger partial charge in [-0.05, 0) is 24.6 Å². The molecular weight excluding hydrogens is 296 g/mol. The third-order valence-electron chi connectivity index (χ3n) is 3.81. The Morgan fingerprint density at radius 3 is 2.57 bits per heavy atom. The number of carboxylic acid groups (broad SMARTS) is 1. The average molecular weight is 312 g/mol. The first-order valence-corrected chi connectivity index (χ1v) is 7.17. The van der Waals surface area contributed by atoms with Gasteiger partial charge in [0, 0.05) is 13.2 Å². The third-order valence-corrected chi connectivity index (χ3v) is 3.81. The molecule has 0 saturated heterocycles. The van der Waals surface area contributed by atoms with Crippen molar-refractivity contribution in [3.05, 3.63) is 53.6 Å². The van der Waals surface area contributed by atoms with Gasteiger partial charge in [0.05, 0.1) is 30.1 Å². The highest BCUT2D eigenvalue weighted by Gasteiger charge is 2.30. The lowest BCUT2D eigenvalue weighted by atomic mass is 10.1. The Bertz CT molecular complexity index is 792. The highest BCUT2D eigenvalue weighted by Crippen LogP contribution is 2.26. The molecule has 0 bridgehead atoms. The molecule has 7 nitrogen and oxygen atoms in total. The number of aromatic carboxylic acids is 1. The number of hydrogen-bond donors (Lipinski definition) is 1. The number of nitrogens with zero attached hydrogens (tertiary/aromatic N) is 4. The van der Waals surface area contributed by atoms with Crippen LogP contribution in [0.3, 0.4) is 0 Å². The topological polar surface area (TPSA) is 87.8 Å². The van der Waals surface area contributed by atoms with Crippen molar-refractivity contribution < 1.29 is 14.7 Å². The van der Waals surface area contributed by atoms with Crippen LogP contribution in [0, 0.1) is 0 Å². The van der Waals surface area contributed by atoms with Crippen molar-refractivity contribution in [2.24, 2.45) is 12.1 Å². The number of aryl methyl sites for hydroxylation is 1. The summed E-state index contributed by atoms with van der Waals surface area (Å²) in [4.78, 5) is 27.4. The smallest absolute Gasteiger partial charge is 0.335 e. The lowest BCUT2D eigenvalue weighted by Gasteiger charge is -2.21. The fraction of sp³-hybridized carbons (Fsp3) is 0.250. The van der Waals surface area contributed by atoms with Gasteiger partial charge in [-0.15, -0.1) is 0 Å². The van der Waals surface area contributed by atoms with Crippen LogP contribution in [-0.4, -0.2) is 37.3 Å². The number of carbonyl (C=O) groups excluding carboxylic acids is 1. The second kappa shape index (κ2) is 5.68. The zero-order valence-corrected chi connectivity index (χ0v) is 12.8. The van der Waals surface area contributed by atoms with E-state index in [9.17, 15) is 9.59 Å². The normalized spacial score (nSPS) is 15.7. The maximum absolute atomic E-state index is 12.2. The van der Waals surface area contributed by atoms with Gasteiger partial charge in [-0.2, -0.15) is 5.10 Å². The first-order valence-electron chi connectivity index (χ1n) is 7.17. The summed E-state index contributed by atoms with van der Waals surface area (Å²) < 4.78 is 1.80. The van der Waals surface area contributed by atoms with Gasteiger partial charge in [0.2, 0.25) is 5.91 Å². The zero-order valence-electron chi connectivity index (χ0n) is 12.8. The minimum Gasteiger partial charge on any atom is -0.478 e. The van der Waals surface area contributed by atoms with E-state index in [1.807, 2.05) is 20.2 Å². The van der Waals surface area contributed by atoms with E-state index >= 15 is 0 Å². The molecule has 7 heteroatoms. The van der Waals surface area contributed by atoms with Crippen molar-refractivity contribution in [2.45, 2.75) is 19.4 Å². The molecule has 0 spiro atoms. The summed E-state index contributed by atoms with van der Waals surface area (Å²) in [5.74, 6) is -1.07. The minimum atomic E-state index is -0.975. The van der Waals surface area contributed by atoms with Crippen LogP contribution in [0.15, 0.2) is 41.9 Å². The van der Waals surface area contributed by atoms with Crippen LogP contribution >= 0.6 is 0 Å². The summed E-state index contributed by atoms with van der Waals surface area (Å²) in [6.45, 7) is 1.86. The maximum atomic E-state index is 12.2. The zero-order chi connectivity index (χ0) is 16.6. The van der Waals surface area contributed by atoms with E-state index in [-0.39, 0.29) is 23.9 Å². The molecule has 118 valence electrons. The molecule has 2 heterocycles. The van der Waals surface area contributed by atoms with Crippen LogP contribution in [0.5, 0.6) is 0 Å². The molecule has 1 unspecified atom stereocenters. The number of hydrogen-bond acceptors (Lipinski definition) is 4. The second-order valence-electron chi connectivity index (χ2n) is 5.49. The van der Waals surface area contributed by atoms with Crippen molar-refractivity contribution in [2.75, 3.05) is 0 Å². The maximum Gasteiger partial charge on any atom is 0.335 e. The van der Waals surface area contributed by atoms with E-state index in [2.05, 4.69) is 10.1 Å². The largest absolute Gasteiger partial charge is 0.478 e. The van der Waals surface area contributed by atoms with Gasteiger partial charge in [0.15, 0.2) is 0 Å². The fourth-order valence-corrected chi connectivity index (χ4v) is 2.50. The van der Waals surface area contributed by atoms with E-state index in [0.717, 1.165) is 5.56 Å². The lowest BCUT2D eigenvalue weighted by Crippen LogP contribution is -2.24. The number of imidazole rings is 1. The van der Waals surface area contributed by atoms with Gasteiger partial charge in [-0.1, -0.05) is 12.1 Å². The summed E-state index contributed by atoms with van der Waals surface area (Å²) in [6, 6.07) is 6.19. The van der Waals surface area contributed by atoms with Crippen LogP contribution in [0.25, 0.3) is 0 Å².